The van der Waals surface area contributed by atoms with E-state index < -0.39 is 0 Å². The molecule has 1 aliphatic heterocycles. The fraction of sp³-hybridized carbons (Fsp3) is 0.516. The van der Waals surface area contributed by atoms with Gasteiger partial charge in [0.1, 0.15) is 18.1 Å². The number of amides is 1. The molecule has 1 aromatic heterocycles. The van der Waals surface area contributed by atoms with Crippen LogP contribution < -0.4 is 10.5 Å². The van der Waals surface area contributed by atoms with Crippen LogP contribution in [0.2, 0.25) is 0 Å². The van der Waals surface area contributed by atoms with Crippen molar-refractivity contribution in [1.82, 2.24) is 4.98 Å². The van der Waals surface area contributed by atoms with E-state index in [1.165, 1.54) is 52.4 Å². The number of nitrogens with zero attached hydrogens (tertiary/aromatic N) is 1. The van der Waals surface area contributed by atoms with Crippen molar-refractivity contribution in [2.45, 2.75) is 86.0 Å². The predicted molar refractivity (Wildman–Crippen MR) is 153 cm³/mol. The number of hydrogen-bond acceptors (Lipinski definition) is 4. The molecule has 1 saturated carbocycles. The maximum Gasteiger partial charge on any atom is 0.221 e. The van der Waals surface area contributed by atoms with Gasteiger partial charge in [0.2, 0.25) is 5.91 Å². The summed E-state index contributed by atoms with van der Waals surface area (Å²) in [6, 6.07) is 1.84. The summed E-state index contributed by atoms with van der Waals surface area (Å²) in [4.78, 5) is 24.1. The molecule has 5 nitrogen and oxygen atoms in total. The lowest BCUT2D eigenvalue weighted by Gasteiger charge is -2.16. The molecule has 1 unspecified atom stereocenters. The van der Waals surface area contributed by atoms with Crippen LogP contribution in [0.4, 0.5) is 0 Å². The van der Waals surface area contributed by atoms with Crippen molar-refractivity contribution in [1.29, 1.82) is 0 Å². The summed E-state index contributed by atoms with van der Waals surface area (Å²) in [5.74, 6) is 1.68. The van der Waals surface area contributed by atoms with E-state index in [0.29, 0.717) is 6.61 Å². The van der Waals surface area contributed by atoms with E-state index in [-0.39, 0.29) is 18.1 Å². The second-order valence-electron chi connectivity index (χ2n) is 9.46. The highest BCUT2D eigenvalue weighted by molar-refractivity contribution is 5.79. The Hall–Kier alpha value is -2.95. The average Bonchev–Trinajstić information content (AvgIpc) is 3.49. The molecule has 0 spiro atoms. The number of rotatable bonds is 10. The third-order valence-corrected chi connectivity index (χ3v) is 5.87. The third kappa shape index (κ3) is 14.4. The van der Waals surface area contributed by atoms with Crippen LogP contribution in [-0.4, -0.2) is 23.3 Å². The Labute approximate surface area is 219 Å². The fourth-order valence-electron chi connectivity index (χ4n) is 4.47. The topological polar surface area (TPSA) is 82.3 Å². The van der Waals surface area contributed by atoms with Crippen LogP contribution in [0.3, 0.4) is 0 Å². The van der Waals surface area contributed by atoms with Crippen LogP contribution in [0.5, 0.6) is 5.75 Å². The number of primary amides is 1. The highest BCUT2D eigenvalue weighted by Gasteiger charge is 2.50. The van der Waals surface area contributed by atoms with Gasteiger partial charge in [-0.2, -0.15) is 0 Å². The van der Waals surface area contributed by atoms with Crippen LogP contribution in [0.15, 0.2) is 61.5 Å². The van der Waals surface area contributed by atoms with Gasteiger partial charge in [0.05, 0.1) is 12.6 Å². The van der Waals surface area contributed by atoms with E-state index in [1.54, 1.807) is 31.0 Å². The highest BCUT2D eigenvalue weighted by atomic mass is 16.5. The smallest absolute Gasteiger partial charge is 0.221 e. The number of fused-ring (bicyclic) bond motifs is 1. The van der Waals surface area contributed by atoms with Crippen molar-refractivity contribution in [3.8, 4) is 5.75 Å². The summed E-state index contributed by atoms with van der Waals surface area (Å²) >= 11 is 0. The van der Waals surface area contributed by atoms with E-state index >= 15 is 0 Å². The van der Waals surface area contributed by atoms with Crippen LogP contribution in [-0.2, 0) is 9.59 Å². The molecule has 200 valence electrons. The second-order valence-corrected chi connectivity index (χ2v) is 9.46. The molecule has 5 heteroatoms. The van der Waals surface area contributed by atoms with Crippen LogP contribution in [0.1, 0.15) is 91.5 Å². The van der Waals surface area contributed by atoms with E-state index in [2.05, 4.69) is 38.9 Å². The highest BCUT2D eigenvalue weighted by Crippen LogP contribution is 2.60. The number of carbonyl (C=O) groups is 2. The molecule has 0 saturated heterocycles. The Kier molecular flexibility index (Phi) is 17.7. The van der Waals surface area contributed by atoms with Crippen molar-refractivity contribution in [2.24, 2.45) is 17.1 Å². The van der Waals surface area contributed by atoms with Gasteiger partial charge in [0.25, 0.3) is 0 Å². The van der Waals surface area contributed by atoms with Crippen molar-refractivity contribution in [3.05, 3.63) is 67.1 Å². The van der Waals surface area contributed by atoms with E-state index in [1.807, 2.05) is 24.3 Å². The number of Topliss-reactive ketones (excluding diaryl/α,β-unsaturated/α-hetero) is 1. The van der Waals surface area contributed by atoms with Gasteiger partial charge in [-0.15, -0.1) is 0 Å². The molecule has 0 radical (unpaired) electrons. The molecule has 0 aromatic carbocycles. The summed E-state index contributed by atoms with van der Waals surface area (Å²) in [6.07, 6.45) is 22.8. The summed E-state index contributed by atoms with van der Waals surface area (Å²) in [5.41, 5.74) is 7.76. The number of carbonyl (C=O) groups excluding carboxylic acids is 2. The Balaban J connectivity index is 0.000000505. The number of ketones is 1. The summed E-state index contributed by atoms with van der Waals surface area (Å²) in [7, 11) is 0. The molecule has 1 aromatic rings. The molecule has 1 aliphatic carbocycles. The van der Waals surface area contributed by atoms with E-state index in [0.717, 1.165) is 28.2 Å². The quantitative estimate of drug-likeness (QED) is 0.337. The van der Waals surface area contributed by atoms with Gasteiger partial charge in [0, 0.05) is 11.8 Å². The molecule has 2 N–H and O–H groups in total. The molecule has 1 atom stereocenters. The Morgan fingerprint density at radius 2 is 1.69 bits per heavy atom. The van der Waals surface area contributed by atoms with Crippen LogP contribution in [0.25, 0.3) is 6.08 Å². The van der Waals surface area contributed by atoms with Gasteiger partial charge < -0.3 is 15.3 Å². The Morgan fingerprint density at radius 3 is 2.17 bits per heavy atom. The largest absolute Gasteiger partial charge is 0.487 e. The van der Waals surface area contributed by atoms with Crippen molar-refractivity contribution >= 4 is 17.8 Å². The monoisotopic (exact) mass is 496 g/mol. The molecule has 1 fully saturated rings. The second kappa shape index (κ2) is 19.3. The van der Waals surface area contributed by atoms with Gasteiger partial charge >= 0.3 is 0 Å². The predicted octanol–water partition coefficient (Wildman–Crippen LogP) is 7.64. The van der Waals surface area contributed by atoms with Gasteiger partial charge in [0.15, 0.2) is 0 Å². The number of nitrogens with two attached hydrogens (primary N) is 1. The van der Waals surface area contributed by atoms with Crippen LogP contribution in [0, 0.1) is 11.3 Å². The Morgan fingerprint density at radius 1 is 1.11 bits per heavy atom. The zero-order chi connectivity index (χ0) is 27.4. The average molecular weight is 497 g/mol. The number of aromatic nitrogens is 1. The van der Waals surface area contributed by atoms with Crippen molar-refractivity contribution < 1.29 is 14.3 Å². The summed E-state index contributed by atoms with van der Waals surface area (Å²) in [5, 5.41) is 0. The standard InChI is InChI=1S/C12H24.C10H10N2O2.C6H8.C3H6O/c1-4-7-11-10-12(11,8-5-2)9-6-3;11-10(13)4-7-3-8-1-2-12-5-9(8)14-6-7;1-3-5-6-4-2;1-3(2)4/h11H,4-10H2,1-3H3;1-3,5H,4,6H2,(H2,11,13);3-6H,1-2H2;1-2H3/b;;6-5-;. The van der Waals surface area contributed by atoms with Crippen molar-refractivity contribution in [3.63, 3.8) is 0 Å². The first-order valence-corrected chi connectivity index (χ1v) is 13.1. The molecule has 3 rings (SSSR count). The third-order valence-electron chi connectivity index (χ3n) is 5.87. The first-order valence-electron chi connectivity index (χ1n) is 13.1. The SMILES string of the molecule is C=C/C=C\C=C.CC(C)=O.CCCC1CC1(CCC)CCC.NC(=O)CC1=Cc2ccncc2OC1. The fourth-order valence-corrected chi connectivity index (χ4v) is 4.47. The normalized spacial score (nSPS) is 16.1. The first-order chi connectivity index (χ1) is 17.2. The minimum Gasteiger partial charge on any atom is -0.487 e. The molecule has 0 bridgehead atoms. The van der Waals surface area contributed by atoms with Crippen molar-refractivity contribution in [2.75, 3.05) is 6.61 Å². The van der Waals surface area contributed by atoms with E-state index in [9.17, 15) is 9.59 Å². The number of hydrogen-bond donors (Lipinski definition) is 1. The molecule has 36 heavy (non-hydrogen) atoms. The first kappa shape index (κ1) is 33.0. The van der Waals surface area contributed by atoms with Gasteiger partial charge in [-0.25, -0.2) is 0 Å². The number of ether oxygens (including phenoxy) is 1. The number of allylic oxidation sites excluding steroid dienone is 4. The summed E-state index contributed by atoms with van der Waals surface area (Å²) < 4.78 is 5.40. The maximum absolute atomic E-state index is 10.7. The van der Waals surface area contributed by atoms with Gasteiger partial charge in [-0.05, 0) is 62.2 Å². The lowest BCUT2D eigenvalue weighted by Crippen LogP contribution is -2.16. The van der Waals surface area contributed by atoms with Gasteiger partial charge in [-0.1, -0.05) is 83.9 Å². The van der Waals surface area contributed by atoms with Gasteiger partial charge in [-0.3, -0.25) is 9.78 Å². The maximum atomic E-state index is 10.7. The molecule has 1 amide bonds. The lowest BCUT2D eigenvalue weighted by molar-refractivity contribution is -0.117. The minimum atomic E-state index is -0.336. The summed E-state index contributed by atoms with van der Waals surface area (Å²) in [6.45, 7) is 17.4. The minimum absolute atomic E-state index is 0.167. The molecular weight excluding hydrogens is 448 g/mol. The number of pyridine rings is 1. The zero-order valence-electron chi connectivity index (χ0n) is 23.2. The molecular formula is C31H48N2O3. The molecule has 2 heterocycles. The van der Waals surface area contributed by atoms with E-state index in [4.69, 9.17) is 10.5 Å². The Bertz CT molecular complexity index is 850. The van der Waals surface area contributed by atoms with Crippen LogP contribution >= 0.6 is 0 Å². The molecule has 2 aliphatic rings. The lowest BCUT2D eigenvalue weighted by atomic mass is 9.91. The zero-order valence-corrected chi connectivity index (χ0v) is 23.2.